The molecule has 7 nitrogen and oxygen atoms in total. The Bertz CT molecular complexity index is 1330. The van der Waals surface area contributed by atoms with E-state index in [1.807, 2.05) is 70.2 Å². The number of pyridine rings is 1. The minimum absolute atomic E-state index is 0.0529. The Morgan fingerprint density at radius 3 is 2.42 bits per heavy atom. The first-order valence-electron chi connectivity index (χ1n) is 13.0. The van der Waals surface area contributed by atoms with Crippen molar-refractivity contribution in [1.29, 1.82) is 0 Å². The first-order valence-corrected chi connectivity index (χ1v) is 13.0. The molecule has 1 aromatic heterocycles. The normalized spacial score (nSPS) is 14.3. The van der Waals surface area contributed by atoms with Gasteiger partial charge in [0.25, 0.3) is 5.91 Å². The van der Waals surface area contributed by atoms with Gasteiger partial charge in [-0.05, 0) is 66.1 Å². The SMILES string of the molecule is COC(=O)C[C@H](NC(=O)[C@H](CC(C)C)N1Cc2ccccc2C1=O)c1cncc(-c2c(C)cccc2C)c1. The van der Waals surface area contributed by atoms with Gasteiger partial charge in [-0.25, -0.2) is 0 Å². The number of aryl methyl sites for hydroxylation is 2. The van der Waals surface area contributed by atoms with E-state index in [0.29, 0.717) is 24.1 Å². The van der Waals surface area contributed by atoms with Crippen LogP contribution < -0.4 is 5.32 Å². The summed E-state index contributed by atoms with van der Waals surface area (Å²) in [5.74, 6) is -0.718. The average molecular weight is 514 g/mol. The molecule has 0 bridgehead atoms. The number of aromatic nitrogens is 1. The van der Waals surface area contributed by atoms with Gasteiger partial charge in [-0.2, -0.15) is 0 Å². The minimum Gasteiger partial charge on any atom is -0.469 e. The van der Waals surface area contributed by atoms with E-state index in [0.717, 1.165) is 27.8 Å². The fourth-order valence-corrected chi connectivity index (χ4v) is 5.18. The lowest BCUT2D eigenvalue weighted by atomic mass is 9.94. The Balaban J connectivity index is 1.65. The van der Waals surface area contributed by atoms with Gasteiger partial charge in [0.15, 0.2) is 0 Å². The summed E-state index contributed by atoms with van der Waals surface area (Å²) >= 11 is 0. The van der Waals surface area contributed by atoms with E-state index in [-0.39, 0.29) is 24.2 Å². The highest BCUT2D eigenvalue weighted by atomic mass is 16.5. The van der Waals surface area contributed by atoms with Crippen molar-refractivity contribution in [2.45, 2.75) is 59.2 Å². The van der Waals surface area contributed by atoms with Gasteiger partial charge in [0.05, 0.1) is 19.6 Å². The van der Waals surface area contributed by atoms with Crippen molar-refractivity contribution in [3.8, 4) is 11.1 Å². The van der Waals surface area contributed by atoms with E-state index in [1.165, 1.54) is 7.11 Å². The molecule has 2 heterocycles. The predicted molar refractivity (Wildman–Crippen MR) is 146 cm³/mol. The monoisotopic (exact) mass is 513 g/mol. The molecule has 1 aliphatic heterocycles. The van der Waals surface area contributed by atoms with Gasteiger partial charge in [-0.3, -0.25) is 19.4 Å². The lowest BCUT2D eigenvalue weighted by Crippen LogP contribution is -2.48. The van der Waals surface area contributed by atoms with Gasteiger partial charge in [-0.1, -0.05) is 50.2 Å². The Kier molecular flexibility index (Phi) is 8.25. The summed E-state index contributed by atoms with van der Waals surface area (Å²) in [6, 6.07) is 14.2. The molecule has 2 aromatic carbocycles. The number of carbonyl (C=O) groups is 3. The second-order valence-electron chi connectivity index (χ2n) is 10.4. The highest BCUT2D eigenvalue weighted by molar-refractivity contribution is 6.01. The number of esters is 1. The van der Waals surface area contributed by atoms with Crippen LogP contribution in [0, 0.1) is 19.8 Å². The van der Waals surface area contributed by atoms with Crippen molar-refractivity contribution in [2.24, 2.45) is 5.92 Å². The van der Waals surface area contributed by atoms with Crippen LogP contribution in [0.1, 0.15) is 65.3 Å². The van der Waals surface area contributed by atoms with Crippen LogP contribution in [-0.4, -0.2) is 40.8 Å². The number of carbonyl (C=O) groups excluding carboxylic acids is 3. The molecule has 3 aromatic rings. The molecule has 1 aliphatic rings. The van der Waals surface area contributed by atoms with Gasteiger partial charge in [0, 0.05) is 30.1 Å². The number of hydrogen-bond donors (Lipinski definition) is 1. The second-order valence-corrected chi connectivity index (χ2v) is 10.4. The fourth-order valence-electron chi connectivity index (χ4n) is 5.18. The minimum atomic E-state index is -0.676. The van der Waals surface area contributed by atoms with Crippen LogP contribution in [0.15, 0.2) is 60.9 Å². The molecule has 2 atom stereocenters. The molecule has 0 saturated carbocycles. The summed E-state index contributed by atoms with van der Waals surface area (Å²) in [5.41, 5.74) is 6.45. The zero-order valence-corrected chi connectivity index (χ0v) is 22.7. The Labute approximate surface area is 224 Å². The van der Waals surface area contributed by atoms with Crippen LogP contribution in [0.3, 0.4) is 0 Å². The van der Waals surface area contributed by atoms with E-state index in [9.17, 15) is 14.4 Å². The van der Waals surface area contributed by atoms with Crippen LogP contribution in [0.5, 0.6) is 0 Å². The molecule has 0 radical (unpaired) electrons. The first kappa shape index (κ1) is 27.0. The Morgan fingerprint density at radius 1 is 1.05 bits per heavy atom. The number of hydrogen-bond acceptors (Lipinski definition) is 5. The maximum Gasteiger partial charge on any atom is 0.307 e. The molecule has 0 spiro atoms. The van der Waals surface area contributed by atoms with Crippen molar-refractivity contribution in [1.82, 2.24) is 15.2 Å². The number of amides is 2. The maximum absolute atomic E-state index is 13.8. The number of methoxy groups -OCH3 is 1. The van der Waals surface area contributed by atoms with Crippen LogP contribution in [0.2, 0.25) is 0 Å². The lowest BCUT2D eigenvalue weighted by molar-refractivity contribution is -0.141. The Morgan fingerprint density at radius 2 is 1.76 bits per heavy atom. The van der Waals surface area contributed by atoms with Crippen LogP contribution in [-0.2, 0) is 20.9 Å². The zero-order valence-electron chi connectivity index (χ0n) is 22.7. The predicted octanol–water partition coefficient (Wildman–Crippen LogP) is 5.16. The molecule has 0 saturated heterocycles. The summed E-state index contributed by atoms with van der Waals surface area (Å²) in [7, 11) is 1.33. The third-order valence-corrected chi connectivity index (χ3v) is 7.07. The number of nitrogens with zero attached hydrogens (tertiary/aromatic N) is 2. The zero-order chi connectivity index (χ0) is 27.4. The summed E-state index contributed by atoms with van der Waals surface area (Å²) in [5, 5.41) is 3.06. The van der Waals surface area contributed by atoms with Crippen LogP contribution in [0.4, 0.5) is 0 Å². The Hall–Kier alpha value is -4.00. The van der Waals surface area contributed by atoms with E-state index >= 15 is 0 Å². The molecule has 7 heteroatoms. The maximum atomic E-state index is 13.8. The van der Waals surface area contributed by atoms with Crippen molar-refractivity contribution in [3.63, 3.8) is 0 Å². The van der Waals surface area contributed by atoms with Gasteiger partial charge < -0.3 is 15.0 Å². The number of fused-ring (bicyclic) bond motifs is 1. The summed E-state index contributed by atoms with van der Waals surface area (Å²) < 4.78 is 4.95. The largest absolute Gasteiger partial charge is 0.469 e. The number of benzene rings is 2. The molecular formula is C31H35N3O4. The smallest absolute Gasteiger partial charge is 0.307 e. The van der Waals surface area contributed by atoms with Crippen molar-refractivity contribution < 1.29 is 19.1 Å². The van der Waals surface area contributed by atoms with Crippen LogP contribution in [0.25, 0.3) is 11.1 Å². The molecule has 0 fully saturated rings. The molecule has 2 amide bonds. The van der Waals surface area contributed by atoms with E-state index in [4.69, 9.17) is 4.74 Å². The second kappa shape index (κ2) is 11.6. The average Bonchev–Trinajstić information content (AvgIpc) is 3.22. The van der Waals surface area contributed by atoms with Crippen molar-refractivity contribution in [2.75, 3.05) is 7.11 Å². The van der Waals surface area contributed by atoms with E-state index < -0.39 is 18.1 Å². The molecule has 0 aliphatic carbocycles. The van der Waals surface area contributed by atoms with Crippen molar-refractivity contribution in [3.05, 3.63) is 88.7 Å². The highest BCUT2D eigenvalue weighted by Crippen LogP contribution is 2.31. The van der Waals surface area contributed by atoms with Gasteiger partial charge >= 0.3 is 5.97 Å². The molecule has 0 unspecified atom stereocenters. The number of nitrogens with one attached hydrogen (secondary N) is 1. The first-order chi connectivity index (χ1) is 18.2. The highest BCUT2D eigenvalue weighted by Gasteiger charge is 2.37. The lowest BCUT2D eigenvalue weighted by Gasteiger charge is -2.30. The molecule has 4 rings (SSSR count). The molecule has 38 heavy (non-hydrogen) atoms. The molecule has 1 N–H and O–H groups in total. The van der Waals surface area contributed by atoms with Gasteiger partial charge in [0.2, 0.25) is 5.91 Å². The van der Waals surface area contributed by atoms with E-state index in [2.05, 4.69) is 10.3 Å². The topological polar surface area (TPSA) is 88.6 Å². The quantitative estimate of drug-likeness (QED) is 0.400. The third-order valence-electron chi connectivity index (χ3n) is 7.07. The van der Waals surface area contributed by atoms with Gasteiger partial charge in [0.1, 0.15) is 6.04 Å². The third kappa shape index (κ3) is 5.77. The number of rotatable bonds is 9. The summed E-state index contributed by atoms with van der Waals surface area (Å²) in [4.78, 5) is 45.5. The molecule has 198 valence electrons. The van der Waals surface area contributed by atoms with Gasteiger partial charge in [-0.15, -0.1) is 0 Å². The summed E-state index contributed by atoms with van der Waals surface area (Å²) in [6.45, 7) is 8.52. The van der Waals surface area contributed by atoms with E-state index in [1.54, 1.807) is 23.4 Å². The van der Waals surface area contributed by atoms with Crippen LogP contribution >= 0.6 is 0 Å². The van der Waals surface area contributed by atoms with Crippen molar-refractivity contribution >= 4 is 17.8 Å². The standard InChI is InChI=1S/C31H35N3O4/c1-19(2)13-27(34-18-22-11-6-7-12-25(22)31(34)37)30(36)33-26(15-28(35)38-5)23-14-24(17-32-16-23)29-20(3)9-8-10-21(29)4/h6-12,14,16-17,19,26-27H,13,15,18H2,1-5H3,(H,33,36)/t26-,27-/m0/s1. The fraction of sp³-hybridized carbons (Fsp3) is 0.355. The number of ether oxygens (including phenoxy) is 1. The molecular weight excluding hydrogens is 478 g/mol. The summed E-state index contributed by atoms with van der Waals surface area (Å²) in [6.07, 6.45) is 3.90.